The van der Waals surface area contributed by atoms with E-state index in [1.165, 1.54) is 0 Å². The molecule has 1 fully saturated rings. The highest BCUT2D eigenvalue weighted by molar-refractivity contribution is 5.81. The van der Waals surface area contributed by atoms with Crippen LogP contribution in [0, 0.1) is 0 Å². The largest absolute Gasteiger partial charge is 0.409 e. The molecule has 0 spiro atoms. The van der Waals surface area contributed by atoms with Crippen LogP contribution in [0.1, 0.15) is 13.3 Å². The molecule has 1 rings (SSSR count). The lowest BCUT2D eigenvalue weighted by molar-refractivity contribution is 0.0527. The van der Waals surface area contributed by atoms with Gasteiger partial charge in [-0.05, 0) is 6.92 Å². The summed E-state index contributed by atoms with van der Waals surface area (Å²) in [6, 6.07) is -0.298. The first-order valence-corrected chi connectivity index (χ1v) is 5.23. The van der Waals surface area contributed by atoms with Crippen molar-refractivity contribution in [2.24, 2.45) is 10.9 Å². The summed E-state index contributed by atoms with van der Waals surface area (Å²) < 4.78 is 5.14. The molecular weight excluding hydrogens is 212 g/mol. The average Bonchev–Trinajstić information content (AvgIpc) is 2.29. The summed E-state index contributed by atoms with van der Waals surface area (Å²) in [4.78, 5) is 13.4. The molecular formula is C9H18N4O3. The Balaban J connectivity index is 2.32. The summed E-state index contributed by atoms with van der Waals surface area (Å²) in [6.45, 7) is 4.14. The predicted octanol–water partition coefficient (Wildman–Crippen LogP) is -0.447. The first kappa shape index (κ1) is 12.6. The van der Waals surface area contributed by atoms with Crippen molar-refractivity contribution in [3.05, 3.63) is 0 Å². The van der Waals surface area contributed by atoms with Crippen molar-refractivity contribution < 1.29 is 14.7 Å². The van der Waals surface area contributed by atoms with Crippen molar-refractivity contribution in [1.82, 2.24) is 10.2 Å². The lowest BCUT2D eigenvalue weighted by Crippen LogP contribution is -2.49. The van der Waals surface area contributed by atoms with Crippen molar-refractivity contribution in [2.45, 2.75) is 19.4 Å². The smallest absolute Gasteiger partial charge is 0.317 e. The van der Waals surface area contributed by atoms with E-state index < -0.39 is 0 Å². The first-order valence-electron chi connectivity index (χ1n) is 5.23. The summed E-state index contributed by atoms with van der Waals surface area (Å²) in [5, 5.41) is 14.0. The van der Waals surface area contributed by atoms with E-state index in [9.17, 15) is 4.79 Å². The van der Waals surface area contributed by atoms with Gasteiger partial charge in [0.2, 0.25) is 0 Å². The van der Waals surface area contributed by atoms with Gasteiger partial charge in [-0.15, -0.1) is 0 Å². The molecule has 4 N–H and O–H groups in total. The lowest BCUT2D eigenvalue weighted by atomic mass is 10.2. The number of nitrogens with two attached hydrogens (primary N) is 1. The minimum absolute atomic E-state index is 0.106. The van der Waals surface area contributed by atoms with E-state index in [0.29, 0.717) is 32.7 Å². The maximum Gasteiger partial charge on any atom is 0.317 e. The number of ether oxygens (including phenoxy) is 1. The standard InChI is InChI=1S/C9H18N4O3/c1-7(6-8(10)12-15)11-9(14)13-2-4-16-5-3-13/h7,15H,2-6H2,1H3,(H2,10,12)(H,11,14). The Labute approximate surface area is 94.2 Å². The topological polar surface area (TPSA) is 100 Å². The third-order valence-corrected chi connectivity index (χ3v) is 2.31. The fraction of sp³-hybridized carbons (Fsp3) is 0.778. The van der Waals surface area contributed by atoms with Gasteiger partial charge in [0.1, 0.15) is 5.84 Å². The third kappa shape index (κ3) is 3.93. The maximum absolute atomic E-state index is 11.7. The number of hydrogen-bond donors (Lipinski definition) is 3. The van der Waals surface area contributed by atoms with Crippen molar-refractivity contribution in [1.29, 1.82) is 0 Å². The van der Waals surface area contributed by atoms with Crippen molar-refractivity contribution in [2.75, 3.05) is 26.3 Å². The van der Waals surface area contributed by atoms with Gasteiger partial charge in [-0.1, -0.05) is 5.16 Å². The molecule has 2 amide bonds. The first-order chi connectivity index (χ1) is 7.63. The highest BCUT2D eigenvalue weighted by Crippen LogP contribution is 1.99. The number of carbonyl (C=O) groups excluding carboxylic acids is 1. The van der Waals surface area contributed by atoms with Crippen LogP contribution in [-0.2, 0) is 4.74 Å². The fourth-order valence-corrected chi connectivity index (χ4v) is 1.47. The molecule has 1 atom stereocenters. The van der Waals surface area contributed by atoms with Crippen LogP contribution < -0.4 is 11.1 Å². The molecule has 1 aliphatic rings. The van der Waals surface area contributed by atoms with E-state index >= 15 is 0 Å². The highest BCUT2D eigenvalue weighted by atomic mass is 16.5. The Bertz CT molecular complexity index is 263. The van der Waals surface area contributed by atoms with Crippen LogP contribution in [0.5, 0.6) is 0 Å². The van der Waals surface area contributed by atoms with Gasteiger partial charge >= 0.3 is 6.03 Å². The number of amides is 2. The molecule has 92 valence electrons. The second-order valence-electron chi connectivity index (χ2n) is 3.75. The van der Waals surface area contributed by atoms with Crippen LogP contribution in [0.25, 0.3) is 0 Å². The fourth-order valence-electron chi connectivity index (χ4n) is 1.47. The second kappa shape index (κ2) is 6.16. The van der Waals surface area contributed by atoms with Gasteiger partial charge in [-0.3, -0.25) is 0 Å². The van der Waals surface area contributed by atoms with Crippen molar-refractivity contribution >= 4 is 11.9 Å². The molecule has 0 radical (unpaired) electrons. The van der Waals surface area contributed by atoms with Crippen molar-refractivity contribution in [3.63, 3.8) is 0 Å². The van der Waals surface area contributed by atoms with Crippen molar-refractivity contribution in [3.8, 4) is 0 Å². The Hall–Kier alpha value is -1.50. The average molecular weight is 230 g/mol. The minimum Gasteiger partial charge on any atom is -0.409 e. The van der Waals surface area contributed by atoms with Gasteiger partial charge < -0.3 is 25.9 Å². The molecule has 7 heteroatoms. The zero-order valence-corrected chi connectivity index (χ0v) is 9.35. The molecule has 0 saturated carbocycles. The molecule has 0 aromatic heterocycles. The van der Waals surface area contributed by atoms with Gasteiger partial charge in [0.25, 0.3) is 0 Å². The minimum atomic E-state index is -0.161. The van der Waals surface area contributed by atoms with Crippen LogP contribution in [-0.4, -0.2) is 54.3 Å². The predicted molar refractivity (Wildman–Crippen MR) is 58.4 cm³/mol. The van der Waals surface area contributed by atoms with E-state index in [2.05, 4.69) is 10.5 Å². The molecule has 0 aliphatic carbocycles. The molecule has 1 saturated heterocycles. The SMILES string of the molecule is CC(CC(N)=NO)NC(=O)N1CCOCC1. The quantitative estimate of drug-likeness (QED) is 0.265. The van der Waals surface area contributed by atoms with Gasteiger partial charge in [0.05, 0.1) is 13.2 Å². The molecule has 0 bridgehead atoms. The third-order valence-electron chi connectivity index (χ3n) is 2.31. The number of morpholine rings is 1. The summed E-state index contributed by atoms with van der Waals surface area (Å²) in [5.74, 6) is 0.106. The number of hydrogen-bond acceptors (Lipinski definition) is 4. The van der Waals surface area contributed by atoms with Crippen LogP contribution in [0.15, 0.2) is 5.16 Å². The molecule has 0 aromatic carbocycles. The molecule has 1 heterocycles. The van der Waals surface area contributed by atoms with E-state index in [-0.39, 0.29) is 17.9 Å². The highest BCUT2D eigenvalue weighted by Gasteiger charge is 2.18. The summed E-state index contributed by atoms with van der Waals surface area (Å²) in [7, 11) is 0. The maximum atomic E-state index is 11.7. The molecule has 1 aliphatic heterocycles. The summed E-state index contributed by atoms with van der Waals surface area (Å²) in [6.07, 6.45) is 0.326. The van der Waals surface area contributed by atoms with Gasteiger partial charge in [0.15, 0.2) is 0 Å². The number of rotatable bonds is 3. The zero-order valence-electron chi connectivity index (χ0n) is 9.35. The summed E-state index contributed by atoms with van der Waals surface area (Å²) in [5.41, 5.74) is 5.34. The van der Waals surface area contributed by atoms with E-state index in [1.54, 1.807) is 11.8 Å². The summed E-state index contributed by atoms with van der Waals surface area (Å²) >= 11 is 0. The number of amidine groups is 1. The van der Waals surface area contributed by atoms with Crippen LogP contribution in [0.3, 0.4) is 0 Å². The van der Waals surface area contributed by atoms with Crippen LogP contribution in [0.2, 0.25) is 0 Å². The van der Waals surface area contributed by atoms with E-state index in [1.807, 2.05) is 0 Å². The van der Waals surface area contributed by atoms with E-state index in [0.717, 1.165) is 0 Å². The Morgan fingerprint density at radius 2 is 2.25 bits per heavy atom. The van der Waals surface area contributed by atoms with Gasteiger partial charge in [-0.25, -0.2) is 4.79 Å². The monoisotopic (exact) mass is 230 g/mol. The number of oxime groups is 1. The van der Waals surface area contributed by atoms with Gasteiger partial charge in [-0.2, -0.15) is 0 Å². The van der Waals surface area contributed by atoms with Gasteiger partial charge in [0, 0.05) is 25.6 Å². The normalized spacial score (nSPS) is 19.3. The Kier molecular flexibility index (Phi) is 4.84. The molecule has 7 nitrogen and oxygen atoms in total. The molecule has 16 heavy (non-hydrogen) atoms. The lowest BCUT2D eigenvalue weighted by Gasteiger charge is -2.28. The molecule has 1 unspecified atom stereocenters. The van der Waals surface area contributed by atoms with Crippen LogP contribution >= 0.6 is 0 Å². The zero-order chi connectivity index (χ0) is 12.0. The Morgan fingerprint density at radius 3 is 2.81 bits per heavy atom. The molecule has 0 aromatic rings. The second-order valence-corrected chi connectivity index (χ2v) is 3.75. The van der Waals surface area contributed by atoms with E-state index in [4.69, 9.17) is 15.7 Å². The number of carbonyl (C=O) groups is 1. The number of urea groups is 1. The number of nitrogens with zero attached hydrogens (tertiary/aromatic N) is 2. The Morgan fingerprint density at radius 1 is 1.62 bits per heavy atom. The number of nitrogens with one attached hydrogen (secondary N) is 1. The van der Waals surface area contributed by atoms with Crippen LogP contribution in [0.4, 0.5) is 4.79 Å².